The van der Waals surface area contributed by atoms with E-state index in [1.54, 1.807) is 4.90 Å². The number of Topliss-reactive ketones (excluding diaryl/α,β-unsaturated/α-hetero) is 1. The van der Waals surface area contributed by atoms with E-state index in [-0.39, 0.29) is 11.3 Å². The molecule has 31 heavy (non-hydrogen) atoms. The number of aryl methyl sites for hydroxylation is 2. The van der Waals surface area contributed by atoms with E-state index >= 15 is 0 Å². The minimum absolute atomic E-state index is 0.113. The highest BCUT2D eigenvalue weighted by molar-refractivity contribution is 9.10. The molecule has 6 heteroatoms. The first-order chi connectivity index (χ1) is 14.8. The van der Waals surface area contributed by atoms with Crippen LogP contribution in [0.15, 0.2) is 52.5 Å². The summed E-state index contributed by atoms with van der Waals surface area (Å²) in [6.07, 6.45) is 0. The average molecular weight is 485 g/mol. The highest BCUT2D eigenvalue weighted by atomic mass is 79.9. The normalized spacial score (nSPS) is 18.3. The van der Waals surface area contributed by atoms with Gasteiger partial charge in [0.2, 0.25) is 0 Å². The summed E-state index contributed by atoms with van der Waals surface area (Å²) in [7, 11) is 0. The number of nitrogens with zero attached hydrogens (tertiary/aromatic N) is 2. The van der Waals surface area contributed by atoms with Crippen molar-refractivity contribution < 1.29 is 14.7 Å². The molecule has 2 aromatic rings. The number of aliphatic hydroxyl groups is 1. The molecule has 164 valence electrons. The number of ketones is 1. The van der Waals surface area contributed by atoms with Crippen LogP contribution in [0.3, 0.4) is 0 Å². The van der Waals surface area contributed by atoms with E-state index in [4.69, 9.17) is 0 Å². The van der Waals surface area contributed by atoms with Crippen molar-refractivity contribution in [1.82, 2.24) is 9.80 Å². The van der Waals surface area contributed by atoms with Crippen LogP contribution in [0.5, 0.6) is 0 Å². The number of likely N-dealkylation sites (tertiary alicyclic amines) is 1. The fourth-order valence-electron chi connectivity index (χ4n) is 4.03. The van der Waals surface area contributed by atoms with Crippen molar-refractivity contribution in [3.05, 3.63) is 74.8 Å². The first kappa shape index (κ1) is 23.2. The molecule has 0 spiro atoms. The summed E-state index contributed by atoms with van der Waals surface area (Å²) in [6.45, 7) is 10.8. The molecule has 1 aliphatic heterocycles. The van der Waals surface area contributed by atoms with Gasteiger partial charge in [-0.3, -0.25) is 9.59 Å². The number of aliphatic hydroxyl groups excluding tert-OH is 1. The summed E-state index contributed by atoms with van der Waals surface area (Å²) >= 11 is 3.44. The van der Waals surface area contributed by atoms with Crippen LogP contribution in [-0.4, -0.2) is 52.8 Å². The van der Waals surface area contributed by atoms with Gasteiger partial charge < -0.3 is 14.9 Å². The second kappa shape index (κ2) is 9.79. The molecule has 1 N–H and O–H groups in total. The number of rotatable bonds is 7. The summed E-state index contributed by atoms with van der Waals surface area (Å²) < 4.78 is 0.908. The molecule has 1 unspecified atom stereocenters. The Morgan fingerprint density at radius 3 is 2.32 bits per heavy atom. The number of hydrogen-bond donors (Lipinski definition) is 1. The number of hydrogen-bond acceptors (Lipinski definition) is 4. The highest BCUT2D eigenvalue weighted by Gasteiger charge is 2.46. The van der Waals surface area contributed by atoms with Crippen LogP contribution in [0.1, 0.15) is 42.1 Å². The van der Waals surface area contributed by atoms with E-state index in [1.807, 2.05) is 56.3 Å². The molecule has 1 fully saturated rings. The zero-order valence-corrected chi connectivity index (χ0v) is 20.1. The van der Waals surface area contributed by atoms with Gasteiger partial charge in [0, 0.05) is 23.1 Å². The molecule has 2 aromatic carbocycles. The maximum Gasteiger partial charge on any atom is 0.295 e. The fraction of sp³-hybridized carbons (Fsp3) is 0.360. The summed E-state index contributed by atoms with van der Waals surface area (Å²) in [5, 5.41) is 11.2. The minimum atomic E-state index is -0.633. The Labute approximate surface area is 192 Å². The van der Waals surface area contributed by atoms with E-state index in [1.165, 1.54) is 0 Å². The number of carbonyl (C=O) groups is 2. The van der Waals surface area contributed by atoms with E-state index in [2.05, 4.69) is 34.7 Å². The molecule has 0 saturated carbocycles. The maximum atomic E-state index is 13.1. The lowest BCUT2D eigenvalue weighted by Gasteiger charge is -2.28. The molecule has 1 saturated heterocycles. The van der Waals surface area contributed by atoms with Gasteiger partial charge in [-0.1, -0.05) is 59.6 Å². The average Bonchev–Trinajstić information content (AvgIpc) is 3.01. The first-order valence-corrected chi connectivity index (χ1v) is 11.4. The first-order valence-electron chi connectivity index (χ1n) is 10.6. The van der Waals surface area contributed by atoms with Gasteiger partial charge in [-0.2, -0.15) is 0 Å². The summed E-state index contributed by atoms with van der Waals surface area (Å²) in [4.78, 5) is 30.0. The maximum absolute atomic E-state index is 13.1. The quantitative estimate of drug-likeness (QED) is 0.347. The van der Waals surface area contributed by atoms with Gasteiger partial charge in [-0.15, -0.1) is 0 Å². The molecular formula is C25H29BrN2O3. The largest absolute Gasteiger partial charge is 0.507 e. The number of carbonyl (C=O) groups excluding carboxylic acids is 2. The molecule has 5 nitrogen and oxygen atoms in total. The van der Waals surface area contributed by atoms with Crippen LogP contribution in [0.25, 0.3) is 5.76 Å². The zero-order chi connectivity index (χ0) is 22.7. The second-order valence-electron chi connectivity index (χ2n) is 7.89. The lowest BCUT2D eigenvalue weighted by molar-refractivity contribution is -0.140. The molecule has 3 rings (SSSR count). The van der Waals surface area contributed by atoms with Gasteiger partial charge in [-0.25, -0.2) is 0 Å². The molecule has 0 bridgehead atoms. The van der Waals surface area contributed by atoms with Crippen molar-refractivity contribution >= 4 is 33.4 Å². The monoisotopic (exact) mass is 484 g/mol. The lowest BCUT2D eigenvalue weighted by Crippen LogP contribution is -2.38. The number of likely N-dealkylation sites (N-methyl/N-ethyl adjacent to an activating group) is 1. The van der Waals surface area contributed by atoms with Crippen molar-refractivity contribution in [2.75, 3.05) is 26.2 Å². The van der Waals surface area contributed by atoms with Crippen molar-refractivity contribution in [2.45, 2.75) is 33.7 Å². The SMILES string of the molecule is CCN(CC)CCN1C(=O)C(=O)C(=C(O)c2cc(C)ccc2C)C1c1ccc(Br)cc1. The Bertz CT molecular complexity index is 1010. The molecule has 0 aromatic heterocycles. The summed E-state index contributed by atoms with van der Waals surface area (Å²) in [6, 6.07) is 12.7. The summed E-state index contributed by atoms with van der Waals surface area (Å²) in [5.74, 6) is -1.31. The Balaban J connectivity index is 2.13. The molecule has 1 heterocycles. The van der Waals surface area contributed by atoms with Gasteiger partial charge >= 0.3 is 0 Å². The number of benzene rings is 2. The molecular weight excluding hydrogens is 456 g/mol. The van der Waals surface area contributed by atoms with Gasteiger partial charge in [0.1, 0.15) is 5.76 Å². The van der Waals surface area contributed by atoms with E-state index < -0.39 is 17.7 Å². The lowest BCUT2D eigenvalue weighted by atomic mass is 9.93. The van der Waals surface area contributed by atoms with E-state index in [0.717, 1.165) is 34.3 Å². The Morgan fingerprint density at radius 2 is 1.71 bits per heavy atom. The van der Waals surface area contributed by atoms with Crippen LogP contribution in [0.2, 0.25) is 0 Å². The molecule has 0 aliphatic carbocycles. The third-order valence-electron chi connectivity index (χ3n) is 5.93. The smallest absolute Gasteiger partial charge is 0.295 e. The van der Waals surface area contributed by atoms with Crippen molar-refractivity contribution in [2.24, 2.45) is 0 Å². The van der Waals surface area contributed by atoms with Crippen LogP contribution in [0.4, 0.5) is 0 Å². The molecule has 0 radical (unpaired) electrons. The van der Waals surface area contributed by atoms with Gasteiger partial charge in [-0.05, 0) is 56.3 Å². The van der Waals surface area contributed by atoms with Crippen molar-refractivity contribution in [1.29, 1.82) is 0 Å². The molecule has 1 atom stereocenters. The minimum Gasteiger partial charge on any atom is -0.507 e. The second-order valence-corrected chi connectivity index (χ2v) is 8.80. The van der Waals surface area contributed by atoms with Gasteiger partial charge in [0.05, 0.1) is 11.6 Å². The molecule has 1 amide bonds. The predicted octanol–water partition coefficient (Wildman–Crippen LogP) is 4.83. The third kappa shape index (κ3) is 4.75. The topological polar surface area (TPSA) is 60.9 Å². The van der Waals surface area contributed by atoms with E-state index in [9.17, 15) is 14.7 Å². The molecule has 1 aliphatic rings. The van der Waals surface area contributed by atoms with Crippen LogP contribution in [-0.2, 0) is 9.59 Å². The predicted molar refractivity (Wildman–Crippen MR) is 127 cm³/mol. The summed E-state index contributed by atoms with van der Waals surface area (Å²) in [5.41, 5.74) is 3.37. The van der Waals surface area contributed by atoms with Crippen LogP contribution in [0, 0.1) is 13.8 Å². The number of amides is 1. The van der Waals surface area contributed by atoms with Crippen molar-refractivity contribution in [3.8, 4) is 0 Å². The Kier molecular flexibility index (Phi) is 7.34. The van der Waals surface area contributed by atoms with E-state index in [0.29, 0.717) is 18.7 Å². The standard InChI is InChI=1S/C25H29BrN2O3/c1-5-27(6-2)13-14-28-22(18-9-11-19(26)12-10-18)21(24(30)25(28)31)23(29)20-15-16(3)7-8-17(20)4/h7-12,15,22,29H,5-6,13-14H2,1-4H3. The van der Waals surface area contributed by atoms with Gasteiger partial charge in [0.25, 0.3) is 11.7 Å². The number of halogens is 1. The van der Waals surface area contributed by atoms with Crippen LogP contribution >= 0.6 is 15.9 Å². The van der Waals surface area contributed by atoms with Crippen molar-refractivity contribution in [3.63, 3.8) is 0 Å². The fourth-order valence-corrected chi connectivity index (χ4v) is 4.29. The Hall–Kier alpha value is -2.44. The Morgan fingerprint density at radius 1 is 1.06 bits per heavy atom. The zero-order valence-electron chi connectivity index (χ0n) is 18.5. The highest BCUT2D eigenvalue weighted by Crippen LogP contribution is 2.40. The van der Waals surface area contributed by atoms with Gasteiger partial charge in [0.15, 0.2) is 0 Å². The third-order valence-corrected chi connectivity index (χ3v) is 6.45. The van der Waals surface area contributed by atoms with Crippen LogP contribution < -0.4 is 0 Å².